The summed E-state index contributed by atoms with van der Waals surface area (Å²) in [6.07, 6.45) is 8.04. The van der Waals surface area contributed by atoms with Crippen molar-refractivity contribution in [3.8, 4) is 0 Å². The quantitative estimate of drug-likeness (QED) is 0.679. The fourth-order valence-electron chi connectivity index (χ4n) is 4.58. The third kappa shape index (κ3) is 4.67. The summed E-state index contributed by atoms with van der Waals surface area (Å²) in [5.74, 6) is 0.905. The molecular weight excluding hydrogens is 338 g/mol. The molecule has 3 atom stereocenters. The summed E-state index contributed by atoms with van der Waals surface area (Å²) in [7, 11) is -0.895. The van der Waals surface area contributed by atoms with E-state index in [4.69, 9.17) is 0 Å². The van der Waals surface area contributed by atoms with Crippen LogP contribution in [-0.2, 0) is 10.8 Å². The Kier molecular flexibility index (Phi) is 6.74. The van der Waals surface area contributed by atoms with Gasteiger partial charge in [-0.3, -0.25) is 9.11 Å². The Morgan fingerprint density at radius 3 is 2.35 bits per heavy atom. The van der Waals surface area contributed by atoms with Crippen molar-refractivity contribution in [2.75, 3.05) is 13.1 Å². The van der Waals surface area contributed by atoms with Crippen LogP contribution in [0.15, 0.2) is 34.7 Å². The van der Waals surface area contributed by atoms with Crippen molar-refractivity contribution in [2.45, 2.75) is 82.4 Å². The third-order valence-corrected chi connectivity index (χ3v) is 7.90. The first-order valence-electron chi connectivity index (χ1n) is 10.4. The molecule has 3 unspecified atom stereocenters. The lowest BCUT2D eigenvalue weighted by Gasteiger charge is -2.39. The minimum Gasteiger partial charge on any atom is -0.300 e. The summed E-state index contributed by atoms with van der Waals surface area (Å²) < 4.78 is 12.2. The minimum atomic E-state index is -0.895. The summed E-state index contributed by atoms with van der Waals surface area (Å²) in [6, 6.07) is 9.24. The highest BCUT2D eigenvalue weighted by molar-refractivity contribution is 7.85. The molecule has 0 bridgehead atoms. The molecule has 0 aromatic heterocycles. The number of likely N-dealkylation sites (tertiary alicyclic amines) is 1. The molecule has 0 N–H and O–H groups in total. The second kappa shape index (κ2) is 8.84. The van der Waals surface area contributed by atoms with Crippen LogP contribution >= 0.6 is 0 Å². The summed E-state index contributed by atoms with van der Waals surface area (Å²) in [5.41, 5.74) is 4.34. The lowest BCUT2D eigenvalue weighted by Crippen LogP contribution is -2.42. The van der Waals surface area contributed by atoms with Crippen molar-refractivity contribution in [1.29, 1.82) is 0 Å². The Hall–Kier alpha value is -0.930. The van der Waals surface area contributed by atoms with Crippen molar-refractivity contribution < 1.29 is 4.21 Å². The van der Waals surface area contributed by atoms with Crippen molar-refractivity contribution in [3.63, 3.8) is 0 Å². The van der Waals surface area contributed by atoms with Gasteiger partial charge in [0.2, 0.25) is 0 Å². The zero-order chi connectivity index (χ0) is 18.7. The van der Waals surface area contributed by atoms with Crippen molar-refractivity contribution in [3.05, 3.63) is 35.4 Å². The lowest BCUT2D eigenvalue weighted by atomic mass is 9.85. The van der Waals surface area contributed by atoms with Crippen LogP contribution in [0, 0.1) is 5.92 Å². The summed E-state index contributed by atoms with van der Waals surface area (Å²) >= 11 is 0. The molecule has 26 heavy (non-hydrogen) atoms. The first-order chi connectivity index (χ1) is 12.5. The van der Waals surface area contributed by atoms with Gasteiger partial charge in [-0.25, -0.2) is 0 Å². The van der Waals surface area contributed by atoms with E-state index < -0.39 is 10.8 Å². The molecule has 0 amide bonds. The van der Waals surface area contributed by atoms with E-state index in [1.807, 2.05) is 26.0 Å². The van der Waals surface area contributed by atoms with Gasteiger partial charge in [0.1, 0.15) is 0 Å². The monoisotopic (exact) mass is 373 g/mol. The van der Waals surface area contributed by atoms with Gasteiger partial charge >= 0.3 is 0 Å². The first kappa shape index (κ1) is 19.8. The van der Waals surface area contributed by atoms with E-state index in [9.17, 15) is 4.21 Å². The number of hydrogen-bond donors (Lipinski definition) is 0. The van der Waals surface area contributed by atoms with Gasteiger partial charge in [0.25, 0.3) is 0 Å². The average molecular weight is 374 g/mol. The summed E-state index contributed by atoms with van der Waals surface area (Å²) in [5, 5.41) is 0.173. The van der Waals surface area contributed by atoms with Gasteiger partial charge in [-0.15, -0.1) is 0 Å². The lowest BCUT2D eigenvalue weighted by molar-refractivity contribution is 0.126. The maximum absolute atomic E-state index is 12.2. The van der Waals surface area contributed by atoms with Gasteiger partial charge in [-0.2, -0.15) is 0 Å². The molecule has 1 aliphatic heterocycles. The van der Waals surface area contributed by atoms with E-state index in [1.165, 1.54) is 62.8 Å². The molecule has 1 saturated heterocycles. The molecule has 0 radical (unpaired) electrons. The van der Waals surface area contributed by atoms with Crippen LogP contribution in [0.1, 0.15) is 71.8 Å². The summed E-state index contributed by atoms with van der Waals surface area (Å²) in [6.45, 7) is 11.2. The Morgan fingerprint density at radius 1 is 1.12 bits per heavy atom. The number of nitrogens with zero attached hydrogens (tertiary/aromatic N) is 1. The van der Waals surface area contributed by atoms with Gasteiger partial charge < -0.3 is 0 Å². The maximum atomic E-state index is 12.2. The largest absolute Gasteiger partial charge is 0.300 e. The molecule has 3 heteroatoms. The van der Waals surface area contributed by atoms with Crippen LogP contribution in [0.2, 0.25) is 0 Å². The predicted molar refractivity (Wildman–Crippen MR) is 113 cm³/mol. The second-order valence-corrected chi connectivity index (χ2v) is 10.6. The van der Waals surface area contributed by atoms with Crippen LogP contribution in [-0.4, -0.2) is 33.5 Å². The average Bonchev–Trinajstić information content (AvgIpc) is 2.67. The molecular formula is C23H35NOS. The molecule has 1 aromatic rings. The highest BCUT2D eigenvalue weighted by Crippen LogP contribution is 2.32. The SMILES string of the molecule is CC(=C1CCN(C2CCCC(C)C2)CC1)c1ccc(S(=O)C(C)C)cc1. The zero-order valence-electron chi connectivity index (χ0n) is 17.0. The summed E-state index contributed by atoms with van der Waals surface area (Å²) in [4.78, 5) is 3.70. The van der Waals surface area contributed by atoms with Gasteiger partial charge in [-0.1, -0.05) is 51.3 Å². The molecule has 2 fully saturated rings. The first-order valence-corrected chi connectivity index (χ1v) is 11.6. The van der Waals surface area contributed by atoms with Crippen molar-refractivity contribution >= 4 is 16.4 Å². The smallest absolute Gasteiger partial charge is 0.0555 e. The van der Waals surface area contributed by atoms with E-state index in [2.05, 4.69) is 30.9 Å². The second-order valence-electron chi connectivity index (χ2n) is 8.56. The number of benzene rings is 1. The van der Waals surface area contributed by atoms with Crippen molar-refractivity contribution in [2.24, 2.45) is 5.92 Å². The van der Waals surface area contributed by atoms with E-state index in [0.717, 1.165) is 16.9 Å². The van der Waals surface area contributed by atoms with Gasteiger partial charge in [0.05, 0.1) is 10.8 Å². The topological polar surface area (TPSA) is 20.3 Å². The maximum Gasteiger partial charge on any atom is 0.0555 e. The Balaban J connectivity index is 1.63. The normalized spacial score (nSPS) is 26.1. The van der Waals surface area contributed by atoms with E-state index in [1.54, 1.807) is 5.57 Å². The van der Waals surface area contributed by atoms with Gasteiger partial charge in [-0.05, 0) is 61.8 Å². The molecule has 1 saturated carbocycles. The fraction of sp³-hybridized carbons (Fsp3) is 0.652. The van der Waals surface area contributed by atoms with Crippen LogP contribution in [0.5, 0.6) is 0 Å². The molecule has 1 aromatic carbocycles. The van der Waals surface area contributed by atoms with E-state index >= 15 is 0 Å². The molecule has 1 aliphatic carbocycles. The Bertz CT molecular complexity index is 651. The molecule has 2 nitrogen and oxygen atoms in total. The number of hydrogen-bond acceptors (Lipinski definition) is 2. The van der Waals surface area contributed by atoms with Crippen LogP contribution in [0.3, 0.4) is 0 Å². The number of rotatable bonds is 4. The Morgan fingerprint density at radius 2 is 1.77 bits per heavy atom. The predicted octanol–water partition coefficient (Wildman–Crippen LogP) is 5.65. The van der Waals surface area contributed by atoms with Crippen LogP contribution < -0.4 is 0 Å². The number of allylic oxidation sites excluding steroid dienone is 1. The Labute approximate surface area is 162 Å². The zero-order valence-corrected chi connectivity index (χ0v) is 17.8. The minimum absolute atomic E-state index is 0.173. The van der Waals surface area contributed by atoms with Gasteiger partial charge in [0.15, 0.2) is 0 Å². The molecule has 0 spiro atoms. The number of piperidine rings is 1. The van der Waals surface area contributed by atoms with E-state index in [-0.39, 0.29) is 5.25 Å². The molecule has 2 aliphatic rings. The fourth-order valence-corrected chi connectivity index (χ4v) is 5.53. The van der Waals surface area contributed by atoms with E-state index in [0.29, 0.717) is 0 Å². The molecule has 3 rings (SSSR count). The molecule has 1 heterocycles. The third-order valence-electron chi connectivity index (χ3n) is 6.30. The van der Waals surface area contributed by atoms with Crippen molar-refractivity contribution in [1.82, 2.24) is 4.90 Å². The van der Waals surface area contributed by atoms with Crippen LogP contribution in [0.4, 0.5) is 0 Å². The van der Waals surface area contributed by atoms with Crippen LogP contribution in [0.25, 0.3) is 5.57 Å². The van der Waals surface area contributed by atoms with Gasteiger partial charge in [0, 0.05) is 29.3 Å². The highest BCUT2D eigenvalue weighted by atomic mass is 32.2. The standard InChI is InChI=1S/C23H35NOS/c1-17(2)26(25)23-10-8-20(9-11-23)19(4)21-12-14-24(15-13-21)22-7-5-6-18(3)16-22/h8-11,17-18,22H,5-7,12-16H2,1-4H3. The highest BCUT2D eigenvalue weighted by Gasteiger charge is 2.27. The molecule has 144 valence electrons.